The largest absolute Gasteiger partial charge is 0.323 e. The first-order valence-electron chi connectivity index (χ1n) is 8.39. The van der Waals surface area contributed by atoms with E-state index in [0.29, 0.717) is 23.2 Å². The van der Waals surface area contributed by atoms with Crippen LogP contribution in [0.2, 0.25) is 5.02 Å². The van der Waals surface area contributed by atoms with Crippen molar-refractivity contribution in [1.82, 2.24) is 14.5 Å². The standard InChI is InChI=1S/C20H19BrClN3O/c1-13(2)8-17(26)11-25-12-19(18-7-6-15(21)10-23-18)24-20(25)14-4-3-5-16(22)9-14/h3-7,9-10,12-13H,8,11H2,1-2H3. The van der Waals surface area contributed by atoms with Crippen LogP contribution in [0, 0.1) is 5.92 Å². The Kier molecular flexibility index (Phi) is 5.89. The molecule has 4 nitrogen and oxygen atoms in total. The van der Waals surface area contributed by atoms with Crippen molar-refractivity contribution in [2.75, 3.05) is 0 Å². The average Bonchev–Trinajstić information content (AvgIpc) is 2.98. The van der Waals surface area contributed by atoms with Gasteiger partial charge in [0, 0.05) is 33.9 Å². The second kappa shape index (κ2) is 8.14. The predicted molar refractivity (Wildman–Crippen MR) is 108 cm³/mol. The van der Waals surface area contributed by atoms with Crippen LogP contribution in [0.3, 0.4) is 0 Å². The summed E-state index contributed by atoms with van der Waals surface area (Å²) in [5.74, 6) is 1.22. The number of rotatable bonds is 6. The van der Waals surface area contributed by atoms with Gasteiger partial charge in [-0.05, 0) is 46.1 Å². The molecule has 0 saturated heterocycles. The molecular formula is C20H19BrClN3O. The fourth-order valence-electron chi connectivity index (χ4n) is 2.76. The van der Waals surface area contributed by atoms with Gasteiger partial charge in [-0.3, -0.25) is 9.78 Å². The molecule has 0 spiro atoms. The van der Waals surface area contributed by atoms with Crippen molar-refractivity contribution < 1.29 is 4.79 Å². The highest BCUT2D eigenvalue weighted by Crippen LogP contribution is 2.26. The van der Waals surface area contributed by atoms with Crippen molar-refractivity contribution in [1.29, 1.82) is 0 Å². The molecular weight excluding hydrogens is 414 g/mol. The SMILES string of the molecule is CC(C)CC(=O)Cn1cc(-c2ccc(Br)cn2)nc1-c1cccc(Cl)c1. The minimum Gasteiger partial charge on any atom is -0.323 e. The molecule has 1 aromatic carbocycles. The Morgan fingerprint density at radius 1 is 1.23 bits per heavy atom. The second-order valence-corrected chi connectivity index (χ2v) is 7.94. The summed E-state index contributed by atoms with van der Waals surface area (Å²) in [6.07, 6.45) is 4.15. The number of halogens is 2. The van der Waals surface area contributed by atoms with E-state index in [1.165, 1.54) is 0 Å². The Morgan fingerprint density at radius 2 is 2.04 bits per heavy atom. The summed E-state index contributed by atoms with van der Waals surface area (Å²) in [6, 6.07) is 11.3. The maximum atomic E-state index is 12.4. The van der Waals surface area contributed by atoms with E-state index < -0.39 is 0 Å². The molecule has 0 aliphatic carbocycles. The van der Waals surface area contributed by atoms with Crippen LogP contribution in [-0.2, 0) is 11.3 Å². The number of carbonyl (C=O) groups is 1. The molecule has 0 aliphatic heterocycles. The van der Waals surface area contributed by atoms with E-state index in [4.69, 9.17) is 16.6 Å². The Balaban J connectivity index is 2.02. The van der Waals surface area contributed by atoms with Gasteiger partial charge < -0.3 is 4.57 Å². The quantitative estimate of drug-likeness (QED) is 0.506. The third kappa shape index (κ3) is 4.59. The first-order valence-corrected chi connectivity index (χ1v) is 9.56. The fraction of sp³-hybridized carbons (Fsp3) is 0.250. The number of Topliss-reactive ketones (excluding diaryl/α,β-unsaturated/α-hetero) is 1. The third-order valence-corrected chi connectivity index (χ3v) is 4.54. The molecule has 0 N–H and O–H groups in total. The number of aromatic nitrogens is 3. The zero-order valence-corrected chi connectivity index (χ0v) is 17.0. The van der Waals surface area contributed by atoms with Crippen LogP contribution in [0.4, 0.5) is 0 Å². The van der Waals surface area contributed by atoms with E-state index in [2.05, 4.69) is 20.9 Å². The molecule has 26 heavy (non-hydrogen) atoms. The molecule has 6 heteroatoms. The van der Waals surface area contributed by atoms with E-state index in [0.717, 1.165) is 21.4 Å². The summed E-state index contributed by atoms with van der Waals surface area (Å²) in [6.45, 7) is 4.37. The smallest absolute Gasteiger partial charge is 0.152 e. The van der Waals surface area contributed by atoms with Gasteiger partial charge in [0.1, 0.15) is 11.5 Å². The van der Waals surface area contributed by atoms with Crippen LogP contribution < -0.4 is 0 Å². The minimum atomic E-state index is 0.177. The monoisotopic (exact) mass is 431 g/mol. The summed E-state index contributed by atoms with van der Waals surface area (Å²) in [4.78, 5) is 21.5. The second-order valence-electron chi connectivity index (χ2n) is 6.59. The van der Waals surface area contributed by atoms with Gasteiger partial charge >= 0.3 is 0 Å². The van der Waals surface area contributed by atoms with Crippen molar-refractivity contribution in [3.63, 3.8) is 0 Å². The number of ketones is 1. The summed E-state index contributed by atoms with van der Waals surface area (Å²) >= 11 is 9.53. The molecule has 3 rings (SSSR count). The molecule has 0 saturated carbocycles. The Bertz CT molecular complexity index is 919. The third-order valence-electron chi connectivity index (χ3n) is 3.83. The zero-order chi connectivity index (χ0) is 18.7. The van der Waals surface area contributed by atoms with Crippen LogP contribution in [0.25, 0.3) is 22.8 Å². The number of nitrogens with zero attached hydrogens (tertiary/aromatic N) is 3. The van der Waals surface area contributed by atoms with Gasteiger partial charge in [0.15, 0.2) is 5.78 Å². The van der Waals surface area contributed by atoms with E-state index in [9.17, 15) is 4.79 Å². The molecule has 0 amide bonds. The molecule has 0 aliphatic rings. The van der Waals surface area contributed by atoms with Crippen LogP contribution in [-0.4, -0.2) is 20.3 Å². The van der Waals surface area contributed by atoms with E-state index in [1.54, 1.807) is 6.20 Å². The van der Waals surface area contributed by atoms with Gasteiger partial charge in [0.25, 0.3) is 0 Å². The first-order chi connectivity index (χ1) is 12.4. The Hall–Kier alpha value is -1.98. The highest BCUT2D eigenvalue weighted by atomic mass is 79.9. The van der Waals surface area contributed by atoms with E-state index in [1.807, 2.05) is 61.0 Å². The van der Waals surface area contributed by atoms with Gasteiger partial charge in [0.2, 0.25) is 0 Å². The van der Waals surface area contributed by atoms with Crippen molar-refractivity contribution in [2.24, 2.45) is 5.92 Å². The zero-order valence-electron chi connectivity index (χ0n) is 14.6. The van der Waals surface area contributed by atoms with Crippen molar-refractivity contribution in [3.05, 3.63) is 58.3 Å². The molecule has 0 radical (unpaired) electrons. The predicted octanol–water partition coefficient (Wildman–Crippen LogP) is 5.64. The number of pyridine rings is 1. The van der Waals surface area contributed by atoms with Crippen molar-refractivity contribution in [3.8, 4) is 22.8 Å². The average molecular weight is 433 g/mol. The van der Waals surface area contributed by atoms with Crippen LogP contribution in [0.1, 0.15) is 20.3 Å². The summed E-state index contributed by atoms with van der Waals surface area (Å²) in [5, 5.41) is 0.633. The van der Waals surface area contributed by atoms with Gasteiger partial charge in [-0.1, -0.05) is 37.6 Å². The summed E-state index contributed by atoms with van der Waals surface area (Å²) in [5.41, 5.74) is 2.36. The maximum Gasteiger partial charge on any atom is 0.152 e. The first kappa shape index (κ1) is 18.8. The van der Waals surface area contributed by atoms with Crippen LogP contribution >= 0.6 is 27.5 Å². The summed E-state index contributed by atoms with van der Waals surface area (Å²) in [7, 11) is 0. The lowest BCUT2D eigenvalue weighted by molar-refractivity contribution is -0.120. The van der Waals surface area contributed by atoms with Gasteiger partial charge in [-0.2, -0.15) is 0 Å². The number of hydrogen-bond donors (Lipinski definition) is 0. The number of hydrogen-bond acceptors (Lipinski definition) is 3. The molecule has 3 aromatic rings. The van der Waals surface area contributed by atoms with Crippen LogP contribution in [0.15, 0.2) is 53.3 Å². The maximum absolute atomic E-state index is 12.4. The lowest BCUT2D eigenvalue weighted by Gasteiger charge is -2.08. The normalized spacial score (nSPS) is 11.1. The summed E-state index contributed by atoms with van der Waals surface area (Å²) < 4.78 is 2.79. The number of benzene rings is 1. The Morgan fingerprint density at radius 3 is 2.69 bits per heavy atom. The highest BCUT2D eigenvalue weighted by molar-refractivity contribution is 9.10. The van der Waals surface area contributed by atoms with Gasteiger partial charge in [-0.25, -0.2) is 4.98 Å². The molecule has 0 fully saturated rings. The lowest BCUT2D eigenvalue weighted by Crippen LogP contribution is -2.12. The molecule has 0 atom stereocenters. The molecule has 0 bridgehead atoms. The van der Waals surface area contributed by atoms with E-state index in [-0.39, 0.29) is 12.3 Å². The molecule has 2 aromatic heterocycles. The fourth-order valence-corrected chi connectivity index (χ4v) is 3.18. The number of carbonyl (C=O) groups excluding carboxylic acids is 1. The van der Waals surface area contributed by atoms with Gasteiger partial charge in [-0.15, -0.1) is 0 Å². The minimum absolute atomic E-state index is 0.177. The van der Waals surface area contributed by atoms with E-state index >= 15 is 0 Å². The van der Waals surface area contributed by atoms with Crippen LogP contribution in [0.5, 0.6) is 0 Å². The molecule has 134 valence electrons. The topological polar surface area (TPSA) is 47.8 Å². The number of imidazole rings is 1. The highest BCUT2D eigenvalue weighted by Gasteiger charge is 2.16. The van der Waals surface area contributed by atoms with Crippen molar-refractivity contribution in [2.45, 2.75) is 26.8 Å². The Labute approximate surface area is 166 Å². The lowest BCUT2D eigenvalue weighted by atomic mass is 10.1. The van der Waals surface area contributed by atoms with Gasteiger partial charge in [0.05, 0.1) is 12.2 Å². The molecule has 2 heterocycles. The van der Waals surface area contributed by atoms with Crippen molar-refractivity contribution >= 4 is 33.3 Å². The molecule has 0 unspecified atom stereocenters.